The molecular weight excluding hydrogens is 278 g/mol. The van der Waals surface area contributed by atoms with Crippen molar-refractivity contribution in [3.05, 3.63) is 35.9 Å². The molecule has 0 unspecified atom stereocenters. The van der Waals surface area contributed by atoms with Crippen LogP contribution >= 0.6 is 0 Å². The quantitative estimate of drug-likeness (QED) is 0.569. The molecule has 0 heterocycles. The topological polar surface area (TPSA) is 101 Å². The van der Waals surface area contributed by atoms with Crippen molar-refractivity contribution < 1.29 is 13.2 Å². The van der Waals surface area contributed by atoms with Gasteiger partial charge in [0.1, 0.15) is 0 Å². The Balaban J connectivity index is 2.29. The highest BCUT2D eigenvalue weighted by Crippen LogP contribution is 2.01. The molecule has 1 aromatic rings. The zero-order chi connectivity index (χ0) is 15.0. The molecule has 0 saturated heterocycles. The lowest BCUT2D eigenvalue weighted by molar-refractivity contribution is -0.122. The normalized spacial score (nSPS) is 12.9. The van der Waals surface area contributed by atoms with Crippen molar-refractivity contribution in [3.63, 3.8) is 0 Å². The fourth-order valence-corrected chi connectivity index (χ4v) is 2.20. The van der Waals surface area contributed by atoms with Gasteiger partial charge in [0, 0.05) is 13.1 Å². The molecule has 0 aliphatic rings. The van der Waals surface area contributed by atoms with E-state index in [1.165, 1.54) is 0 Å². The highest BCUT2D eigenvalue weighted by atomic mass is 32.2. The highest BCUT2D eigenvalue weighted by Gasteiger charge is 2.13. The average molecular weight is 299 g/mol. The van der Waals surface area contributed by atoms with E-state index in [0.717, 1.165) is 5.56 Å². The standard InChI is InChI=1S/C13H21N3O3S/c1-2-20(18,19)16-9-8-15-13(17)12(14)10-11-6-4-3-5-7-11/h3-7,12,16H,2,8-10,14H2,1H3,(H,15,17)/t12-/m0/s1. The Morgan fingerprint density at radius 1 is 1.25 bits per heavy atom. The predicted molar refractivity (Wildman–Crippen MR) is 78.6 cm³/mol. The van der Waals surface area contributed by atoms with Crippen LogP contribution < -0.4 is 15.8 Å². The average Bonchev–Trinajstić information content (AvgIpc) is 2.44. The monoisotopic (exact) mass is 299 g/mol. The summed E-state index contributed by atoms with van der Waals surface area (Å²) in [6.45, 7) is 1.94. The number of hydrogen-bond donors (Lipinski definition) is 3. The number of carbonyl (C=O) groups is 1. The number of sulfonamides is 1. The maximum atomic E-state index is 11.7. The first-order valence-electron chi connectivity index (χ1n) is 6.49. The second kappa shape index (κ2) is 7.98. The lowest BCUT2D eigenvalue weighted by Gasteiger charge is -2.12. The number of hydrogen-bond acceptors (Lipinski definition) is 4. The van der Waals surface area contributed by atoms with Crippen molar-refractivity contribution in [1.82, 2.24) is 10.0 Å². The number of amides is 1. The molecule has 0 aromatic heterocycles. The van der Waals surface area contributed by atoms with Gasteiger partial charge in [0.05, 0.1) is 11.8 Å². The summed E-state index contributed by atoms with van der Waals surface area (Å²) in [4.78, 5) is 11.7. The lowest BCUT2D eigenvalue weighted by Crippen LogP contribution is -2.44. The maximum absolute atomic E-state index is 11.7. The number of nitrogens with two attached hydrogens (primary N) is 1. The minimum atomic E-state index is -3.22. The van der Waals surface area contributed by atoms with E-state index in [1.807, 2.05) is 30.3 Å². The second-order valence-corrected chi connectivity index (χ2v) is 6.48. The lowest BCUT2D eigenvalue weighted by atomic mass is 10.1. The van der Waals surface area contributed by atoms with Gasteiger partial charge >= 0.3 is 0 Å². The number of nitrogens with one attached hydrogen (secondary N) is 2. The summed E-state index contributed by atoms with van der Waals surface area (Å²) in [7, 11) is -3.22. The van der Waals surface area contributed by atoms with Gasteiger partial charge in [0.15, 0.2) is 0 Å². The highest BCUT2D eigenvalue weighted by molar-refractivity contribution is 7.89. The molecule has 0 bridgehead atoms. The van der Waals surface area contributed by atoms with Crippen LogP contribution in [0.5, 0.6) is 0 Å². The smallest absolute Gasteiger partial charge is 0.237 e. The van der Waals surface area contributed by atoms with Gasteiger partial charge in [0.25, 0.3) is 0 Å². The summed E-state index contributed by atoms with van der Waals surface area (Å²) in [5.41, 5.74) is 6.78. The van der Waals surface area contributed by atoms with Crippen molar-refractivity contribution in [2.75, 3.05) is 18.8 Å². The Morgan fingerprint density at radius 2 is 1.90 bits per heavy atom. The molecule has 0 spiro atoms. The van der Waals surface area contributed by atoms with E-state index in [-0.39, 0.29) is 24.7 Å². The van der Waals surface area contributed by atoms with E-state index >= 15 is 0 Å². The molecule has 1 aromatic carbocycles. The van der Waals surface area contributed by atoms with Crippen LogP contribution in [0.3, 0.4) is 0 Å². The summed E-state index contributed by atoms with van der Waals surface area (Å²) in [6, 6.07) is 8.85. The van der Waals surface area contributed by atoms with Gasteiger partial charge in [-0.05, 0) is 18.9 Å². The molecule has 0 fully saturated rings. The second-order valence-electron chi connectivity index (χ2n) is 4.39. The van der Waals surface area contributed by atoms with Crippen LogP contribution in [-0.4, -0.2) is 39.2 Å². The first-order chi connectivity index (χ1) is 9.44. The summed E-state index contributed by atoms with van der Waals surface area (Å²) >= 11 is 0. The number of benzene rings is 1. The molecule has 112 valence electrons. The van der Waals surface area contributed by atoms with Crippen LogP contribution in [0.2, 0.25) is 0 Å². The molecule has 7 heteroatoms. The van der Waals surface area contributed by atoms with Gasteiger partial charge in [0.2, 0.25) is 15.9 Å². The SMILES string of the molecule is CCS(=O)(=O)NCCNC(=O)[C@@H](N)Cc1ccccc1. The molecular formula is C13H21N3O3S. The van der Waals surface area contributed by atoms with E-state index < -0.39 is 16.1 Å². The van der Waals surface area contributed by atoms with E-state index in [2.05, 4.69) is 10.0 Å². The molecule has 0 aliphatic heterocycles. The van der Waals surface area contributed by atoms with E-state index in [4.69, 9.17) is 5.73 Å². The van der Waals surface area contributed by atoms with Crippen LogP contribution in [0.15, 0.2) is 30.3 Å². The summed E-state index contributed by atoms with van der Waals surface area (Å²) in [5, 5.41) is 2.61. The van der Waals surface area contributed by atoms with E-state index in [1.54, 1.807) is 6.92 Å². The third kappa shape index (κ3) is 6.14. The van der Waals surface area contributed by atoms with Crippen LogP contribution in [0, 0.1) is 0 Å². The van der Waals surface area contributed by atoms with Crippen LogP contribution in [0.4, 0.5) is 0 Å². The first kappa shape index (κ1) is 16.6. The predicted octanol–water partition coefficient (Wildman–Crippen LogP) is -0.388. The van der Waals surface area contributed by atoms with Crippen LogP contribution in [0.25, 0.3) is 0 Å². The molecule has 4 N–H and O–H groups in total. The minimum Gasteiger partial charge on any atom is -0.353 e. The molecule has 0 radical (unpaired) electrons. The van der Waals surface area contributed by atoms with Gasteiger partial charge in [-0.25, -0.2) is 13.1 Å². The summed E-state index contributed by atoms with van der Waals surface area (Å²) < 4.78 is 24.7. The number of carbonyl (C=O) groups excluding carboxylic acids is 1. The van der Waals surface area contributed by atoms with Gasteiger partial charge in [-0.3, -0.25) is 4.79 Å². The van der Waals surface area contributed by atoms with Crippen LogP contribution in [-0.2, 0) is 21.2 Å². The zero-order valence-electron chi connectivity index (χ0n) is 11.5. The number of rotatable bonds is 8. The largest absolute Gasteiger partial charge is 0.353 e. The van der Waals surface area contributed by atoms with Crippen LogP contribution in [0.1, 0.15) is 12.5 Å². The van der Waals surface area contributed by atoms with Crippen molar-refractivity contribution in [3.8, 4) is 0 Å². The summed E-state index contributed by atoms with van der Waals surface area (Å²) in [5.74, 6) is -0.265. The molecule has 6 nitrogen and oxygen atoms in total. The molecule has 20 heavy (non-hydrogen) atoms. The first-order valence-corrected chi connectivity index (χ1v) is 8.14. The Kier molecular flexibility index (Phi) is 6.63. The molecule has 1 atom stereocenters. The van der Waals surface area contributed by atoms with Crippen molar-refractivity contribution in [2.45, 2.75) is 19.4 Å². The third-order valence-electron chi connectivity index (χ3n) is 2.76. The fourth-order valence-electron chi connectivity index (χ4n) is 1.59. The molecule has 1 rings (SSSR count). The Bertz CT molecular complexity index is 517. The van der Waals surface area contributed by atoms with Gasteiger partial charge in [-0.2, -0.15) is 0 Å². The van der Waals surface area contributed by atoms with E-state index in [9.17, 15) is 13.2 Å². The van der Waals surface area contributed by atoms with Gasteiger partial charge < -0.3 is 11.1 Å². The van der Waals surface area contributed by atoms with Gasteiger partial charge in [-0.15, -0.1) is 0 Å². The maximum Gasteiger partial charge on any atom is 0.237 e. The fraction of sp³-hybridized carbons (Fsp3) is 0.462. The Labute approximate surface area is 119 Å². The zero-order valence-corrected chi connectivity index (χ0v) is 12.3. The third-order valence-corrected chi connectivity index (χ3v) is 4.17. The van der Waals surface area contributed by atoms with Gasteiger partial charge in [-0.1, -0.05) is 30.3 Å². The van der Waals surface area contributed by atoms with Crippen molar-refractivity contribution >= 4 is 15.9 Å². The molecule has 1 amide bonds. The molecule has 0 saturated carbocycles. The van der Waals surface area contributed by atoms with Crippen molar-refractivity contribution in [1.29, 1.82) is 0 Å². The van der Waals surface area contributed by atoms with E-state index in [0.29, 0.717) is 6.42 Å². The minimum absolute atomic E-state index is 0.0223. The summed E-state index contributed by atoms with van der Waals surface area (Å²) in [6.07, 6.45) is 0.452. The van der Waals surface area contributed by atoms with Crippen molar-refractivity contribution in [2.24, 2.45) is 5.73 Å². The molecule has 0 aliphatic carbocycles. The Morgan fingerprint density at radius 3 is 2.50 bits per heavy atom. The Hall–Kier alpha value is -1.44.